The molecule has 0 aromatic carbocycles. The Morgan fingerprint density at radius 1 is 1.57 bits per heavy atom. The van der Waals surface area contributed by atoms with Gasteiger partial charge in [-0.2, -0.15) is 0 Å². The van der Waals surface area contributed by atoms with Crippen LogP contribution in [-0.4, -0.2) is 16.5 Å². The van der Waals surface area contributed by atoms with E-state index in [-0.39, 0.29) is 5.92 Å². The fraction of sp³-hybridized carbons (Fsp3) is 0.400. The van der Waals surface area contributed by atoms with Gasteiger partial charge < -0.3 is 5.32 Å². The van der Waals surface area contributed by atoms with Crippen LogP contribution in [0, 0.1) is 0 Å². The van der Waals surface area contributed by atoms with E-state index < -0.39 is 0 Å². The number of halogens is 1. The third kappa shape index (κ3) is 3.00. The fourth-order valence-corrected chi connectivity index (χ4v) is 1.15. The Kier molecular flexibility index (Phi) is 3.89. The Morgan fingerprint density at radius 3 is 2.86 bits per heavy atom. The van der Waals surface area contributed by atoms with Crippen LogP contribution in [0.3, 0.4) is 0 Å². The average molecular weight is 212 g/mol. The maximum absolute atomic E-state index is 5.86. The molecule has 0 unspecified atom stereocenters. The van der Waals surface area contributed by atoms with Gasteiger partial charge in [0.15, 0.2) is 0 Å². The van der Waals surface area contributed by atoms with Gasteiger partial charge in [0, 0.05) is 18.5 Å². The number of aromatic nitrogens is 2. The van der Waals surface area contributed by atoms with E-state index in [4.69, 9.17) is 11.6 Å². The number of hydrogen-bond acceptors (Lipinski definition) is 3. The summed E-state index contributed by atoms with van der Waals surface area (Å²) in [6.07, 6.45) is 1.77. The third-order valence-electron chi connectivity index (χ3n) is 1.66. The molecule has 1 heterocycles. The van der Waals surface area contributed by atoms with E-state index in [2.05, 4.69) is 21.9 Å². The van der Waals surface area contributed by atoms with Gasteiger partial charge in [0.05, 0.1) is 0 Å². The summed E-state index contributed by atoms with van der Waals surface area (Å²) < 4.78 is 0. The lowest BCUT2D eigenvalue weighted by molar-refractivity contribution is 0.775. The summed E-state index contributed by atoms with van der Waals surface area (Å²) in [4.78, 5) is 8.45. The summed E-state index contributed by atoms with van der Waals surface area (Å²) in [5.41, 5.74) is 0. The smallest absolute Gasteiger partial charge is 0.135 e. The van der Waals surface area contributed by atoms with Crippen LogP contribution >= 0.6 is 11.6 Å². The second-order valence-corrected chi connectivity index (χ2v) is 3.65. The number of nitrogens with zero attached hydrogens (tertiary/aromatic N) is 2. The molecule has 0 aliphatic heterocycles. The van der Waals surface area contributed by atoms with Gasteiger partial charge in [0.1, 0.15) is 16.8 Å². The first kappa shape index (κ1) is 11.0. The van der Waals surface area contributed by atoms with Gasteiger partial charge in [-0.1, -0.05) is 31.5 Å². The minimum absolute atomic E-state index is 0.276. The molecular formula is C10H14ClN3. The van der Waals surface area contributed by atoms with Crippen LogP contribution in [0.2, 0.25) is 5.15 Å². The molecule has 0 aliphatic carbocycles. The summed E-state index contributed by atoms with van der Waals surface area (Å²) in [5.74, 6) is 1.77. The zero-order valence-corrected chi connectivity index (χ0v) is 9.17. The molecule has 1 aromatic heterocycles. The molecule has 3 nitrogen and oxygen atoms in total. The van der Waals surface area contributed by atoms with E-state index in [0.29, 0.717) is 11.7 Å². The van der Waals surface area contributed by atoms with E-state index in [1.54, 1.807) is 12.1 Å². The van der Waals surface area contributed by atoms with Crippen molar-refractivity contribution < 1.29 is 0 Å². The fourth-order valence-electron chi connectivity index (χ4n) is 0.961. The van der Waals surface area contributed by atoms with Gasteiger partial charge in [0.25, 0.3) is 0 Å². The van der Waals surface area contributed by atoms with Crippen LogP contribution in [-0.2, 0) is 0 Å². The number of anilines is 1. The number of rotatable bonds is 4. The van der Waals surface area contributed by atoms with Gasteiger partial charge in [0.2, 0.25) is 0 Å². The molecule has 0 saturated carbocycles. The molecule has 0 radical (unpaired) electrons. The van der Waals surface area contributed by atoms with Crippen molar-refractivity contribution in [3.8, 4) is 0 Å². The second kappa shape index (κ2) is 4.96. The first-order chi connectivity index (χ1) is 6.63. The summed E-state index contributed by atoms with van der Waals surface area (Å²) in [6.45, 7) is 8.35. The molecule has 4 heteroatoms. The predicted molar refractivity (Wildman–Crippen MR) is 59.8 cm³/mol. The third-order valence-corrected chi connectivity index (χ3v) is 1.85. The topological polar surface area (TPSA) is 37.8 Å². The van der Waals surface area contributed by atoms with Crippen LogP contribution in [0.5, 0.6) is 0 Å². The first-order valence-electron chi connectivity index (χ1n) is 4.52. The van der Waals surface area contributed by atoms with Crippen molar-refractivity contribution >= 4 is 17.4 Å². The van der Waals surface area contributed by atoms with Crippen LogP contribution in [0.25, 0.3) is 0 Å². The predicted octanol–water partition coefficient (Wildman–Crippen LogP) is 2.85. The molecule has 0 atom stereocenters. The minimum Gasteiger partial charge on any atom is -0.366 e. The summed E-state index contributed by atoms with van der Waals surface area (Å²) in [5, 5.41) is 3.54. The maximum atomic E-state index is 5.86. The normalized spacial score (nSPS) is 10.3. The lowest BCUT2D eigenvalue weighted by Crippen LogP contribution is -2.05. The molecule has 1 rings (SSSR count). The number of hydrogen-bond donors (Lipinski definition) is 1. The van der Waals surface area contributed by atoms with Crippen molar-refractivity contribution in [2.75, 3.05) is 11.9 Å². The molecule has 14 heavy (non-hydrogen) atoms. The molecule has 0 fully saturated rings. The molecular weight excluding hydrogens is 198 g/mol. The monoisotopic (exact) mass is 211 g/mol. The highest BCUT2D eigenvalue weighted by atomic mass is 35.5. The standard InChI is InChI=1S/C10H14ClN3/c1-4-5-12-9-6-8(11)13-10(14-9)7(2)3/h4,6-7H,1,5H2,2-3H3,(H,12,13,14). The van der Waals surface area contributed by atoms with E-state index in [1.807, 2.05) is 13.8 Å². The van der Waals surface area contributed by atoms with Crippen LogP contribution in [0.4, 0.5) is 5.82 Å². The molecule has 1 aromatic rings. The SMILES string of the molecule is C=CCNc1cc(Cl)nc(C(C)C)n1. The zero-order chi connectivity index (χ0) is 10.6. The van der Waals surface area contributed by atoms with E-state index in [1.165, 1.54) is 0 Å². The lowest BCUT2D eigenvalue weighted by atomic mass is 10.2. The Bertz CT molecular complexity index is 323. The summed E-state index contributed by atoms with van der Waals surface area (Å²) in [7, 11) is 0. The molecule has 0 aliphatic rings. The van der Waals surface area contributed by atoms with E-state index in [0.717, 1.165) is 11.6 Å². The Balaban J connectivity index is 2.89. The van der Waals surface area contributed by atoms with Crippen molar-refractivity contribution in [3.05, 3.63) is 29.7 Å². The van der Waals surface area contributed by atoms with Crippen molar-refractivity contribution in [1.29, 1.82) is 0 Å². The zero-order valence-electron chi connectivity index (χ0n) is 8.42. The Morgan fingerprint density at radius 2 is 2.29 bits per heavy atom. The quantitative estimate of drug-likeness (QED) is 0.615. The van der Waals surface area contributed by atoms with Gasteiger partial charge in [-0.25, -0.2) is 9.97 Å². The molecule has 1 N–H and O–H groups in total. The van der Waals surface area contributed by atoms with Crippen LogP contribution in [0.15, 0.2) is 18.7 Å². The van der Waals surface area contributed by atoms with Crippen molar-refractivity contribution in [2.24, 2.45) is 0 Å². The van der Waals surface area contributed by atoms with Gasteiger partial charge >= 0.3 is 0 Å². The van der Waals surface area contributed by atoms with Crippen molar-refractivity contribution in [2.45, 2.75) is 19.8 Å². The largest absolute Gasteiger partial charge is 0.366 e. The molecule has 0 saturated heterocycles. The Labute approximate surface area is 89.2 Å². The summed E-state index contributed by atoms with van der Waals surface area (Å²) >= 11 is 5.86. The molecule has 0 bridgehead atoms. The molecule has 76 valence electrons. The highest BCUT2D eigenvalue weighted by Gasteiger charge is 2.05. The first-order valence-corrected chi connectivity index (χ1v) is 4.90. The van der Waals surface area contributed by atoms with Gasteiger partial charge in [-0.15, -0.1) is 6.58 Å². The van der Waals surface area contributed by atoms with Gasteiger partial charge in [-0.3, -0.25) is 0 Å². The van der Waals surface area contributed by atoms with Crippen molar-refractivity contribution in [3.63, 3.8) is 0 Å². The van der Waals surface area contributed by atoms with Crippen LogP contribution in [0.1, 0.15) is 25.6 Å². The second-order valence-electron chi connectivity index (χ2n) is 3.26. The summed E-state index contributed by atoms with van der Waals surface area (Å²) in [6, 6.07) is 1.71. The van der Waals surface area contributed by atoms with Crippen molar-refractivity contribution in [1.82, 2.24) is 9.97 Å². The minimum atomic E-state index is 0.276. The maximum Gasteiger partial charge on any atom is 0.135 e. The lowest BCUT2D eigenvalue weighted by Gasteiger charge is -2.07. The average Bonchev–Trinajstić information content (AvgIpc) is 2.14. The van der Waals surface area contributed by atoms with Gasteiger partial charge in [-0.05, 0) is 0 Å². The highest BCUT2D eigenvalue weighted by Crippen LogP contribution is 2.16. The number of nitrogens with one attached hydrogen (secondary N) is 1. The van der Waals surface area contributed by atoms with E-state index >= 15 is 0 Å². The molecule has 0 spiro atoms. The molecule has 0 amide bonds. The Hall–Kier alpha value is -1.09. The van der Waals surface area contributed by atoms with Crippen LogP contribution < -0.4 is 5.32 Å². The van der Waals surface area contributed by atoms with E-state index in [9.17, 15) is 0 Å². The highest BCUT2D eigenvalue weighted by molar-refractivity contribution is 6.29.